The van der Waals surface area contributed by atoms with Gasteiger partial charge in [-0.25, -0.2) is 0 Å². The van der Waals surface area contributed by atoms with Crippen molar-refractivity contribution in [1.82, 2.24) is 4.98 Å². The van der Waals surface area contributed by atoms with E-state index in [0.717, 1.165) is 23.3 Å². The summed E-state index contributed by atoms with van der Waals surface area (Å²) in [7, 11) is 0. The number of allylic oxidation sites excluding steroid dienone is 1. The Kier molecular flexibility index (Phi) is 3.36. The summed E-state index contributed by atoms with van der Waals surface area (Å²) >= 11 is 7.39. The van der Waals surface area contributed by atoms with Crippen LogP contribution in [0.25, 0.3) is 6.08 Å². The zero-order chi connectivity index (χ0) is 13.2. The standard InChI is InChI=1S/C14H10ClNO2S/c15-11-5-9(14-10(6-11)3-4-18-14)1-2-12(17)13-7-16-8-19-13/h1-2,5-8H,3-4H2/b2-1+. The van der Waals surface area contributed by atoms with E-state index in [1.165, 1.54) is 17.4 Å². The lowest BCUT2D eigenvalue weighted by Crippen LogP contribution is -1.91. The smallest absolute Gasteiger partial charge is 0.197 e. The Morgan fingerprint density at radius 1 is 1.47 bits per heavy atom. The number of thiazole rings is 1. The number of halogens is 1. The molecule has 1 aromatic heterocycles. The highest BCUT2D eigenvalue weighted by Gasteiger charge is 2.16. The summed E-state index contributed by atoms with van der Waals surface area (Å²) in [5.41, 5.74) is 3.58. The number of hydrogen-bond donors (Lipinski definition) is 0. The fourth-order valence-electron chi connectivity index (χ4n) is 2.01. The van der Waals surface area contributed by atoms with Crippen molar-refractivity contribution in [2.45, 2.75) is 6.42 Å². The Morgan fingerprint density at radius 3 is 3.16 bits per heavy atom. The predicted molar refractivity (Wildman–Crippen MR) is 76.1 cm³/mol. The lowest BCUT2D eigenvalue weighted by atomic mass is 10.1. The molecule has 0 unspecified atom stereocenters. The maximum Gasteiger partial charge on any atom is 0.197 e. The Balaban J connectivity index is 1.90. The molecule has 96 valence electrons. The van der Waals surface area contributed by atoms with Crippen LogP contribution in [0.1, 0.15) is 20.8 Å². The predicted octanol–water partition coefficient (Wildman–Crippen LogP) is 3.63. The third-order valence-corrected chi connectivity index (χ3v) is 3.87. The second-order valence-corrected chi connectivity index (χ2v) is 5.47. The van der Waals surface area contributed by atoms with Gasteiger partial charge in [-0.2, -0.15) is 0 Å². The molecule has 0 atom stereocenters. The lowest BCUT2D eigenvalue weighted by molar-refractivity contribution is 0.105. The summed E-state index contributed by atoms with van der Waals surface area (Å²) in [5.74, 6) is 0.770. The number of rotatable bonds is 3. The van der Waals surface area contributed by atoms with Crippen LogP contribution < -0.4 is 4.74 Å². The minimum atomic E-state index is -0.0609. The number of ketones is 1. The molecule has 5 heteroatoms. The number of ether oxygens (including phenoxy) is 1. The van der Waals surface area contributed by atoms with Gasteiger partial charge >= 0.3 is 0 Å². The van der Waals surface area contributed by atoms with E-state index in [4.69, 9.17) is 16.3 Å². The van der Waals surface area contributed by atoms with Gasteiger partial charge in [0.15, 0.2) is 5.78 Å². The van der Waals surface area contributed by atoms with E-state index in [2.05, 4.69) is 4.98 Å². The molecule has 0 bridgehead atoms. The van der Waals surface area contributed by atoms with Crippen molar-refractivity contribution in [2.24, 2.45) is 0 Å². The zero-order valence-electron chi connectivity index (χ0n) is 9.93. The van der Waals surface area contributed by atoms with Gasteiger partial charge in [0.25, 0.3) is 0 Å². The van der Waals surface area contributed by atoms with Gasteiger partial charge in [-0.05, 0) is 29.8 Å². The van der Waals surface area contributed by atoms with Crippen molar-refractivity contribution in [3.8, 4) is 5.75 Å². The Hall–Kier alpha value is -1.65. The van der Waals surface area contributed by atoms with Crippen molar-refractivity contribution >= 4 is 34.8 Å². The molecule has 2 aromatic rings. The topological polar surface area (TPSA) is 39.2 Å². The van der Waals surface area contributed by atoms with Crippen LogP contribution >= 0.6 is 22.9 Å². The molecule has 0 spiro atoms. The summed E-state index contributed by atoms with van der Waals surface area (Å²) in [4.78, 5) is 16.4. The van der Waals surface area contributed by atoms with E-state index in [1.807, 2.05) is 12.1 Å². The molecule has 0 amide bonds. The van der Waals surface area contributed by atoms with Crippen LogP contribution in [0.5, 0.6) is 5.75 Å². The summed E-state index contributed by atoms with van der Waals surface area (Å²) in [6.07, 6.45) is 5.70. The van der Waals surface area contributed by atoms with E-state index >= 15 is 0 Å². The fourth-order valence-corrected chi connectivity index (χ4v) is 2.80. The van der Waals surface area contributed by atoms with Crippen LogP contribution in [-0.2, 0) is 6.42 Å². The molecule has 0 fully saturated rings. The van der Waals surface area contributed by atoms with Gasteiger partial charge in [-0.1, -0.05) is 11.6 Å². The molecule has 19 heavy (non-hydrogen) atoms. The summed E-state index contributed by atoms with van der Waals surface area (Å²) in [6, 6.07) is 3.72. The molecule has 2 heterocycles. The van der Waals surface area contributed by atoms with Gasteiger partial charge in [-0.15, -0.1) is 11.3 Å². The summed E-state index contributed by atoms with van der Waals surface area (Å²) < 4.78 is 5.58. The first-order valence-electron chi connectivity index (χ1n) is 5.80. The molecule has 1 aliphatic heterocycles. The molecule has 3 rings (SSSR count). The number of carbonyl (C=O) groups is 1. The lowest BCUT2D eigenvalue weighted by Gasteiger charge is -2.04. The molecule has 1 aromatic carbocycles. The van der Waals surface area contributed by atoms with Crippen LogP contribution in [0.3, 0.4) is 0 Å². The number of benzene rings is 1. The van der Waals surface area contributed by atoms with Crippen molar-refractivity contribution in [1.29, 1.82) is 0 Å². The molecule has 1 aliphatic rings. The van der Waals surface area contributed by atoms with E-state index in [-0.39, 0.29) is 5.78 Å². The summed E-state index contributed by atoms with van der Waals surface area (Å²) in [5, 5.41) is 0.661. The van der Waals surface area contributed by atoms with Crippen LogP contribution in [0.15, 0.2) is 29.9 Å². The van der Waals surface area contributed by atoms with Crippen LogP contribution in [-0.4, -0.2) is 17.4 Å². The maximum atomic E-state index is 11.9. The molecular weight excluding hydrogens is 282 g/mol. The Bertz CT molecular complexity index is 650. The first-order valence-corrected chi connectivity index (χ1v) is 7.06. The third kappa shape index (κ3) is 2.55. The van der Waals surface area contributed by atoms with Crippen LogP contribution in [0.4, 0.5) is 0 Å². The van der Waals surface area contributed by atoms with E-state index in [0.29, 0.717) is 16.5 Å². The average molecular weight is 292 g/mol. The average Bonchev–Trinajstić information content (AvgIpc) is 3.05. The summed E-state index contributed by atoms with van der Waals surface area (Å²) in [6.45, 7) is 0.666. The van der Waals surface area contributed by atoms with Crippen molar-refractivity contribution in [3.05, 3.63) is 50.9 Å². The first kappa shape index (κ1) is 12.4. The normalized spacial score (nSPS) is 13.5. The highest BCUT2D eigenvalue weighted by Crippen LogP contribution is 2.33. The second-order valence-electron chi connectivity index (χ2n) is 4.14. The van der Waals surface area contributed by atoms with Crippen LogP contribution in [0.2, 0.25) is 5.02 Å². The molecule has 0 N–H and O–H groups in total. The van der Waals surface area contributed by atoms with Gasteiger partial charge in [0.1, 0.15) is 5.75 Å². The third-order valence-electron chi connectivity index (χ3n) is 2.87. The Labute approximate surface area is 119 Å². The van der Waals surface area contributed by atoms with Gasteiger partial charge in [0.05, 0.1) is 17.0 Å². The van der Waals surface area contributed by atoms with E-state index in [1.54, 1.807) is 17.8 Å². The zero-order valence-corrected chi connectivity index (χ0v) is 11.5. The number of hydrogen-bond acceptors (Lipinski definition) is 4. The van der Waals surface area contributed by atoms with Gasteiger partial charge in [-0.3, -0.25) is 9.78 Å². The fraction of sp³-hybridized carbons (Fsp3) is 0.143. The highest BCUT2D eigenvalue weighted by molar-refractivity contribution is 7.11. The van der Waals surface area contributed by atoms with Gasteiger partial charge in [0.2, 0.25) is 0 Å². The van der Waals surface area contributed by atoms with Crippen LogP contribution in [0, 0.1) is 0 Å². The number of carbonyl (C=O) groups excluding carboxylic acids is 1. The van der Waals surface area contributed by atoms with Crippen molar-refractivity contribution in [2.75, 3.05) is 6.61 Å². The molecular formula is C14H10ClNO2S. The van der Waals surface area contributed by atoms with Gasteiger partial charge in [0, 0.05) is 23.2 Å². The first-order chi connectivity index (χ1) is 9.24. The van der Waals surface area contributed by atoms with E-state index in [9.17, 15) is 4.79 Å². The monoisotopic (exact) mass is 291 g/mol. The SMILES string of the molecule is O=C(/C=C/c1cc(Cl)cc2c1OCC2)c1cncs1. The van der Waals surface area contributed by atoms with Crippen molar-refractivity contribution < 1.29 is 9.53 Å². The molecule has 0 radical (unpaired) electrons. The molecule has 0 saturated carbocycles. The van der Waals surface area contributed by atoms with Gasteiger partial charge < -0.3 is 4.74 Å². The Morgan fingerprint density at radius 2 is 2.37 bits per heavy atom. The number of nitrogens with zero attached hydrogens (tertiary/aromatic N) is 1. The largest absolute Gasteiger partial charge is 0.492 e. The van der Waals surface area contributed by atoms with Crippen molar-refractivity contribution in [3.63, 3.8) is 0 Å². The molecule has 0 saturated heterocycles. The highest BCUT2D eigenvalue weighted by atomic mass is 35.5. The number of fused-ring (bicyclic) bond motifs is 1. The second kappa shape index (κ2) is 5.15. The minimum absolute atomic E-state index is 0.0609. The van der Waals surface area contributed by atoms with E-state index < -0.39 is 0 Å². The minimum Gasteiger partial charge on any atom is -0.492 e. The maximum absolute atomic E-state index is 11.9. The molecule has 0 aliphatic carbocycles. The number of aromatic nitrogens is 1. The molecule has 3 nitrogen and oxygen atoms in total. The quantitative estimate of drug-likeness (QED) is 0.640.